The molecule has 3 rings (SSSR count). The molecular weight excluding hydrogens is 252 g/mol. The number of carbonyl (C=O) groups excluding carboxylic acids is 1. The van der Waals surface area contributed by atoms with Crippen molar-refractivity contribution < 1.29 is 9.53 Å². The van der Waals surface area contributed by atoms with Crippen LogP contribution in [0.2, 0.25) is 0 Å². The summed E-state index contributed by atoms with van der Waals surface area (Å²) in [5.74, 6) is 2.07. The fraction of sp³-hybridized carbons (Fsp3) is 0.500. The van der Waals surface area contributed by atoms with Crippen LogP contribution in [0, 0.1) is 23.2 Å². The van der Waals surface area contributed by atoms with Crippen molar-refractivity contribution in [3.63, 3.8) is 0 Å². The molecule has 0 aliphatic heterocycles. The van der Waals surface area contributed by atoms with Gasteiger partial charge in [0.1, 0.15) is 5.75 Å². The molecule has 0 aromatic heterocycles. The van der Waals surface area contributed by atoms with Crippen molar-refractivity contribution in [2.75, 3.05) is 6.61 Å². The van der Waals surface area contributed by atoms with Gasteiger partial charge in [-0.05, 0) is 55.4 Å². The monoisotopic (exact) mass is 270 g/mol. The number of carbonyl (C=O) groups is 1. The zero-order chi connectivity index (χ0) is 13.9. The van der Waals surface area contributed by atoms with Crippen molar-refractivity contribution in [1.82, 2.24) is 5.32 Å². The molecule has 1 amide bonds. The van der Waals surface area contributed by atoms with Gasteiger partial charge in [-0.1, -0.05) is 6.42 Å². The van der Waals surface area contributed by atoms with E-state index in [-0.39, 0.29) is 12.5 Å². The molecule has 1 aromatic rings. The Kier molecular flexibility index (Phi) is 3.60. The topological polar surface area (TPSA) is 62.1 Å². The van der Waals surface area contributed by atoms with Gasteiger partial charge in [0, 0.05) is 6.04 Å². The Morgan fingerprint density at radius 3 is 2.70 bits per heavy atom. The van der Waals surface area contributed by atoms with Gasteiger partial charge in [-0.15, -0.1) is 0 Å². The van der Waals surface area contributed by atoms with Crippen LogP contribution in [0.4, 0.5) is 0 Å². The van der Waals surface area contributed by atoms with Crippen LogP contribution >= 0.6 is 0 Å². The highest BCUT2D eigenvalue weighted by atomic mass is 16.5. The van der Waals surface area contributed by atoms with Crippen LogP contribution in [-0.4, -0.2) is 18.6 Å². The van der Waals surface area contributed by atoms with Gasteiger partial charge in [-0.2, -0.15) is 5.26 Å². The number of nitriles is 1. The number of fused-ring (bicyclic) bond motifs is 2. The second kappa shape index (κ2) is 5.54. The Morgan fingerprint density at radius 2 is 2.10 bits per heavy atom. The predicted molar refractivity (Wildman–Crippen MR) is 74.0 cm³/mol. The minimum atomic E-state index is -0.0492. The van der Waals surface area contributed by atoms with Crippen LogP contribution < -0.4 is 10.1 Å². The van der Waals surface area contributed by atoms with Crippen molar-refractivity contribution in [3.8, 4) is 11.8 Å². The van der Waals surface area contributed by atoms with Crippen LogP contribution in [0.1, 0.15) is 31.2 Å². The predicted octanol–water partition coefficient (Wildman–Crippen LogP) is 2.24. The SMILES string of the molecule is N#Cc1ccc(OCC(=O)NC2CC3CCC2C3)cc1. The van der Waals surface area contributed by atoms with Crippen LogP contribution in [0.15, 0.2) is 24.3 Å². The highest BCUT2D eigenvalue weighted by molar-refractivity contribution is 5.78. The molecule has 2 aliphatic carbocycles. The second-order valence-corrected chi connectivity index (χ2v) is 5.77. The normalized spacial score (nSPS) is 27.1. The molecule has 4 heteroatoms. The quantitative estimate of drug-likeness (QED) is 0.912. The molecule has 0 radical (unpaired) electrons. The number of rotatable bonds is 4. The van der Waals surface area contributed by atoms with Gasteiger partial charge in [0.05, 0.1) is 11.6 Å². The lowest BCUT2D eigenvalue weighted by atomic mass is 9.95. The van der Waals surface area contributed by atoms with E-state index in [1.807, 2.05) is 6.07 Å². The first kappa shape index (κ1) is 13.0. The summed E-state index contributed by atoms with van der Waals surface area (Å²) in [6, 6.07) is 9.19. The van der Waals surface area contributed by atoms with E-state index in [4.69, 9.17) is 10.00 Å². The molecule has 2 fully saturated rings. The number of benzene rings is 1. The lowest BCUT2D eigenvalue weighted by Gasteiger charge is -2.22. The number of hydrogen-bond donors (Lipinski definition) is 1. The smallest absolute Gasteiger partial charge is 0.258 e. The molecule has 3 atom stereocenters. The van der Waals surface area contributed by atoms with Gasteiger partial charge in [0.2, 0.25) is 0 Å². The third kappa shape index (κ3) is 2.77. The molecule has 4 nitrogen and oxygen atoms in total. The molecule has 2 bridgehead atoms. The van der Waals surface area contributed by atoms with Crippen LogP contribution in [0.5, 0.6) is 5.75 Å². The summed E-state index contributed by atoms with van der Waals surface area (Å²) < 4.78 is 5.44. The Morgan fingerprint density at radius 1 is 1.30 bits per heavy atom. The number of nitrogens with zero attached hydrogens (tertiary/aromatic N) is 1. The molecule has 3 unspecified atom stereocenters. The second-order valence-electron chi connectivity index (χ2n) is 5.77. The van der Waals surface area contributed by atoms with E-state index in [2.05, 4.69) is 5.32 Å². The third-order valence-electron chi connectivity index (χ3n) is 4.44. The van der Waals surface area contributed by atoms with E-state index < -0.39 is 0 Å². The van der Waals surface area contributed by atoms with Crippen molar-refractivity contribution in [2.24, 2.45) is 11.8 Å². The first-order valence-corrected chi connectivity index (χ1v) is 7.17. The van der Waals surface area contributed by atoms with Gasteiger partial charge in [0.15, 0.2) is 6.61 Å². The van der Waals surface area contributed by atoms with Crippen molar-refractivity contribution in [1.29, 1.82) is 5.26 Å². The van der Waals surface area contributed by atoms with Crippen LogP contribution in [-0.2, 0) is 4.79 Å². The van der Waals surface area contributed by atoms with Gasteiger partial charge < -0.3 is 10.1 Å². The van der Waals surface area contributed by atoms with Crippen molar-refractivity contribution >= 4 is 5.91 Å². The molecule has 20 heavy (non-hydrogen) atoms. The zero-order valence-electron chi connectivity index (χ0n) is 11.3. The Hall–Kier alpha value is -2.02. The molecule has 0 heterocycles. The van der Waals surface area contributed by atoms with Gasteiger partial charge in [0.25, 0.3) is 5.91 Å². The number of hydrogen-bond acceptors (Lipinski definition) is 3. The lowest BCUT2D eigenvalue weighted by molar-refractivity contribution is -0.124. The Bertz CT molecular complexity index is 532. The summed E-state index contributed by atoms with van der Waals surface area (Å²) in [6.07, 6.45) is 5.00. The average Bonchev–Trinajstić information content (AvgIpc) is 3.08. The highest BCUT2D eigenvalue weighted by Gasteiger charge is 2.40. The molecule has 0 saturated heterocycles. The maximum absolute atomic E-state index is 11.9. The molecule has 1 N–H and O–H groups in total. The van der Waals surface area contributed by atoms with Gasteiger partial charge in [-0.25, -0.2) is 0 Å². The summed E-state index contributed by atoms with van der Waals surface area (Å²) in [7, 11) is 0. The van der Waals surface area contributed by atoms with E-state index in [9.17, 15) is 4.79 Å². The Labute approximate surface area is 118 Å². The summed E-state index contributed by atoms with van der Waals surface area (Å²) in [5.41, 5.74) is 0.587. The highest BCUT2D eigenvalue weighted by Crippen LogP contribution is 2.44. The summed E-state index contributed by atoms with van der Waals surface area (Å²) in [4.78, 5) is 11.9. The molecular formula is C16H18N2O2. The third-order valence-corrected chi connectivity index (χ3v) is 4.44. The van der Waals surface area contributed by atoms with E-state index in [1.54, 1.807) is 24.3 Å². The molecule has 2 saturated carbocycles. The minimum Gasteiger partial charge on any atom is -0.484 e. The molecule has 2 aliphatic rings. The van der Waals surface area contributed by atoms with Crippen LogP contribution in [0.25, 0.3) is 0 Å². The molecule has 1 aromatic carbocycles. The standard InChI is InChI=1S/C16H18N2O2/c17-9-11-2-5-14(6-3-11)20-10-16(19)18-15-8-12-1-4-13(15)7-12/h2-3,5-6,12-13,15H,1,4,7-8,10H2,(H,18,19). The zero-order valence-corrected chi connectivity index (χ0v) is 11.3. The van der Waals surface area contributed by atoms with Crippen molar-refractivity contribution in [2.45, 2.75) is 31.7 Å². The van der Waals surface area contributed by atoms with Gasteiger partial charge >= 0.3 is 0 Å². The largest absolute Gasteiger partial charge is 0.484 e. The van der Waals surface area contributed by atoms with E-state index in [0.717, 1.165) is 12.3 Å². The maximum Gasteiger partial charge on any atom is 0.258 e. The first-order chi connectivity index (χ1) is 9.74. The number of ether oxygens (including phenoxy) is 1. The molecule has 0 spiro atoms. The van der Waals surface area contributed by atoms with Crippen molar-refractivity contribution in [3.05, 3.63) is 29.8 Å². The number of amides is 1. The van der Waals surface area contributed by atoms with Crippen LogP contribution in [0.3, 0.4) is 0 Å². The summed E-state index contributed by atoms with van der Waals surface area (Å²) in [5, 5.41) is 11.8. The fourth-order valence-corrected chi connectivity index (χ4v) is 3.44. The van der Waals surface area contributed by atoms with E-state index >= 15 is 0 Å². The van der Waals surface area contributed by atoms with E-state index in [1.165, 1.54) is 19.3 Å². The number of nitrogens with one attached hydrogen (secondary N) is 1. The maximum atomic E-state index is 11.9. The average molecular weight is 270 g/mol. The lowest BCUT2D eigenvalue weighted by Crippen LogP contribution is -2.40. The Balaban J connectivity index is 1.46. The first-order valence-electron chi connectivity index (χ1n) is 7.17. The summed E-state index contributed by atoms with van der Waals surface area (Å²) >= 11 is 0. The van der Waals surface area contributed by atoms with Gasteiger partial charge in [-0.3, -0.25) is 4.79 Å². The summed E-state index contributed by atoms with van der Waals surface area (Å²) in [6.45, 7) is 0.0415. The molecule has 104 valence electrons. The minimum absolute atomic E-state index is 0.0415. The van der Waals surface area contributed by atoms with E-state index in [0.29, 0.717) is 23.3 Å². The fourth-order valence-electron chi connectivity index (χ4n) is 3.44.